The van der Waals surface area contributed by atoms with Crippen molar-refractivity contribution in [3.05, 3.63) is 0 Å². The number of ketones is 1. The van der Waals surface area contributed by atoms with Crippen LogP contribution < -0.4 is 5.32 Å². The lowest BCUT2D eigenvalue weighted by Crippen LogP contribution is -2.56. The lowest BCUT2D eigenvalue weighted by atomic mass is 9.64. The van der Waals surface area contributed by atoms with Crippen molar-refractivity contribution in [3.63, 3.8) is 0 Å². The molecular formula is C42H70N6O9. The third-order valence-corrected chi connectivity index (χ3v) is 13.3. The van der Waals surface area contributed by atoms with Crippen LogP contribution in [0.25, 0.3) is 0 Å². The maximum Gasteiger partial charge on any atom is 0.409 e. The summed E-state index contributed by atoms with van der Waals surface area (Å²) in [5.74, 6) is 0.260. The number of ether oxygens (including phenoxy) is 2. The Morgan fingerprint density at radius 1 is 0.667 bits per heavy atom. The molecule has 322 valence electrons. The molecule has 15 nitrogen and oxygen atoms in total. The topological polar surface area (TPSA) is 169 Å². The fourth-order valence-corrected chi connectivity index (χ4v) is 10.3. The van der Waals surface area contributed by atoms with Crippen LogP contribution in [0.4, 0.5) is 9.59 Å². The minimum atomic E-state index is -0.833. The highest BCUT2D eigenvalue weighted by Gasteiger charge is 2.52. The molecule has 8 aliphatic rings. The molecule has 2 saturated carbocycles. The van der Waals surface area contributed by atoms with E-state index in [2.05, 4.69) is 20.0 Å². The molecule has 6 aliphatic heterocycles. The maximum atomic E-state index is 12.1. The molecule has 0 bridgehead atoms. The van der Waals surface area contributed by atoms with Crippen molar-refractivity contribution in [2.45, 2.75) is 142 Å². The lowest BCUT2D eigenvalue weighted by molar-refractivity contribution is -0.137. The summed E-state index contributed by atoms with van der Waals surface area (Å²) in [7, 11) is 0. The predicted molar refractivity (Wildman–Crippen MR) is 213 cm³/mol. The first kappa shape index (κ1) is 44.6. The number of hydrogen-bond acceptors (Lipinski definition) is 10. The second-order valence-electron chi connectivity index (χ2n) is 17.6. The molecule has 4 amide bonds. The molecule has 2 spiro atoms. The largest absolute Gasteiger partial charge is 0.481 e. The SMILES string of the molecule is CC(=O)O.CCOC(=O)N1CCC2(CC(=O)C2)C1.CCOC(=O)N1CCC2(CC(N3CCC(N4CCCCC4=O)CC3)C2)C1.O=C1CCCCN1C1CCNCC1. The van der Waals surface area contributed by atoms with Gasteiger partial charge in [-0.1, -0.05) is 0 Å². The fraction of sp³-hybridized carbons (Fsp3) is 0.857. The molecule has 0 radical (unpaired) electrons. The van der Waals surface area contributed by atoms with Crippen molar-refractivity contribution in [1.82, 2.24) is 29.8 Å². The standard InChI is InChI=1S/C20H33N3O3.C10H18N2O.C10H15NO3.C2H4O2/c1-2-26-19(25)22-12-8-20(15-22)13-17(14-20)21-10-6-16(7-11-21)23-9-4-3-5-18(23)24;13-10-3-1-2-8-12(10)9-4-6-11-7-5-9;1-2-14-9(13)11-4-3-10(7-11)5-8(12)6-10;1-2(3)4/h16-17H,2-15H2,1H3;9,11H,1-8H2;2-7H2,1H3;1H3,(H,3,4). The number of nitrogens with one attached hydrogen (secondary N) is 1. The summed E-state index contributed by atoms with van der Waals surface area (Å²) in [5, 5.41) is 10.7. The van der Waals surface area contributed by atoms with Gasteiger partial charge in [0.1, 0.15) is 5.78 Å². The number of hydrogen-bond donors (Lipinski definition) is 2. The zero-order chi connectivity index (χ0) is 41.0. The van der Waals surface area contributed by atoms with Gasteiger partial charge in [-0.05, 0) is 109 Å². The zero-order valence-corrected chi connectivity index (χ0v) is 35.0. The van der Waals surface area contributed by atoms with Gasteiger partial charge in [-0.3, -0.25) is 19.2 Å². The Kier molecular flexibility index (Phi) is 16.4. The number of rotatable bonds is 5. The molecule has 57 heavy (non-hydrogen) atoms. The summed E-state index contributed by atoms with van der Waals surface area (Å²) in [4.78, 5) is 77.5. The number of Topliss-reactive ketones (excluding diaryl/α,β-unsaturated/α-hetero) is 1. The van der Waals surface area contributed by atoms with Gasteiger partial charge in [0, 0.05) is 109 Å². The first-order valence-electron chi connectivity index (χ1n) is 21.9. The van der Waals surface area contributed by atoms with E-state index in [-0.39, 0.29) is 17.6 Å². The van der Waals surface area contributed by atoms with E-state index in [4.69, 9.17) is 19.4 Å². The average molecular weight is 803 g/mol. The van der Waals surface area contributed by atoms with Gasteiger partial charge >= 0.3 is 12.2 Å². The van der Waals surface area contributed by atoms with Gasteiger partial charge in [-0.2, -0.15) is 0 Å². The van der Waals surface area contributed by atoms with Gasteiger partial charge in [0.05, 0.1) is 13.2 Å². The van der Waals surface area contributed by atoms with E-state index in [0.29, 0.717) is 73.7 Å². The van der Waals surface area contributed by atoms with E-state index in [1.165, 1.54) is 25.7 Å². The summed E-state index contributed by atoms with van der Waals surface area (Å²) in [6.45, 7) is 15.2. The molecule has 8 fully saturated rings. The third-order valence-electron chi connectivity index (χ3n) is 13.3. The average Bonchev–Trinajstić information content (AvgIpc) is 3.83. The Bertz CT molecular complexity index is 1380. The zero-order valence-electron chi connectivity index (χ0n) is 35.0. The van der Waals surface area contributed by atoms with Gasteiger partial charge in [0.15, 0.2) is 0 Å². The highest BCUT2D eigenvalue weighted by Crippen LogP contribution is 2.51. The molecule has 0 aromatic rings. The van der Waals surface area contributed by atoms with Crippen LogP contribution in [0.5, 0.6) is 0 Å². The normalized spacial score (nSPS) is 27.6. The van der Waals surface area contributed by atoms with Crippen LogP contribution >= 0.6 is 0 Å². The maximum absolute atomic E-state index is 12.1. The second kappa shape index (κ2) is 21.0. The van der Waals surface area contributed by atoms with Crippen molar-refractivity contribution < 1.29 is 43.3 Å². The number of nitrogens with zero attached hydrogens (tertiary/aromatic N) is 5. The minimum absolute atomic E-state index is 0.115. The Morgan fingerprint density at radius 2 is 1.12 bits per heavy atom. The summed E-state index contributed by atoms with van der Waals surface area (Å²) in [6.07, 6.45) is 16.1. The van der Waals surface area contributed by atoms with Gasteiger partial charge in [-0.25, -0.2) is 9.59 Å². The van der Waals surface area contributed by atoms with Crippen molar-refractivity contribution in [2.24, 2.45) is 10.8 Å². The molecule has 8 rings (SSSR count). The molecule has 6 heterocycles. The number of carboxylic acid groups (broad SMARTS) is 1. The van der Waals surface area contributed by atoms with Crippen LogP contribution in [-0.2, 0) is 28.7 Å². The number of carboxylic acids is 1. The minimum Gasteiger partial charge on any atom is -0.481 e. The van der Waals surface area contributed by atoms with E-state index in [1.807, 2.05) is 11.8 Å². The lowest BCUT2D eigenvalue weighted by Gasteiger charge is -2.52. The molecule has 15 heteroatoms. The van der Waals surface area contributed by atoms with Crippen LogP contribution in [0.1, 0.15) is 124 Å². The highest BCUT2D eigenvalue weighted by atomic mass is 16.6. The molecule has 0 unspecified atom stereocenters. The van der Waals surface area contributed by atoms with Crippen LogP contribution in [0, 0.1) is 10.8 Å². The number of amides is 4. The molecule has 2 aliphatic carbocycles. The van der Waals surface area contributed by atoms with Crippen molar-refractivity contribution >= 4 is 35.8 Å². The quantitative estimate of drug-likeness (QED) is 0.401. The van der Waals surface area contributed by atoms with Crippen LogP contribution in [0.3, 0.4) is 0 Å². The number of carbonyl (C=O) groups is 6. The summed E-state index contributed by atoms with van der Waals surface area (Å²) < 4.78 is 10.1. The smallest absolute Gasteiger partial charge is 0.409 e. The number of carbonyl (C=O) groups excluding carboxylic acids is 5. The van der Waals surface area contributed by atoms with Crippen LogP contribution in [0.15, 0.2) is 0 Å². The van der Waals surface area contributed by atoms with Crippen molar-refractivity contribution in [3.8, 4) is 0 Å². The fourth-order valence-electron chi connectivity index (χ4n) is 10.3. The monoisotopic (exact) mass is 803 g/mol. The molecule has 6 saturated heterocycles. The summed E-state index contributed by atoms with van der Waals surface area (Å²) in [6, 6.07) is 1.68. The van der Waals surface area contributed by atoms with Gasteiger partial charge in [0.2, 0.25) is 11.8 Å². The number of piperidine rings is 4. The number of aliphatic carboxylic acids is 1. The number of likely N-dealkylation sites (tertiary alicyclic amines) is 5. The molecule has 0 aromatic carbocycles. The summed E-state index contributed by atoms with van der Waals surface area (Å²) in [5.41, 5.74) is 0.459. The van der Waals surface area contributed by atoms with E-state index >= 15 is 0 Å². The van der Waals surface area contributed by atoms with Crippen molar-refractivity contribution in [2.75, 3.05) is 78.7 Å². The van der Waals surface area contributed by atoms with Crippen LogP contribution in [-0.4, -0.2) is 162 Å². The molecule has 2 N–H and O–H groups in total. The molecule has 0 aromatic heterocycles. The predicted octanol–water partition coefficient (Wildman–Crippen LogP) is 4.51. The Morgan fingerprint density at radius 3 is 1.58 bits per heavy atom. The molecular weight excluding hydrogens is 732 g/mol. The second-order valence-corrected chi connectivity index (χ2v) is 17.6. The first-order chi connectivity index (χ1) is 27.4. The van der Waals surface area contributed by atoms with E-state index < -0.39 is 5.97 Å². The Balaban J connectivity index is 0.000000169. The third kappa shape index (κ3) is 12.3. The van der Waals surface area contributed by atoms with E-state index in [1.54, 1.807) is 11.8 Å². The van der Waals surface area contributed by atoms with E-state index in [0.717, 1.165) is 130 Å². The van der Waals surface area contributed by atoms with Gasteiger partial charge in [0.25, 0.3) is 5.97 Å². The van der Waals surface area contributed by atoms with Gasteiger partial charge in [-0.15, -0.1) is 0 Å². The highest BCUT2D eigenvalue weighted by molar-refractivity contribution is 5.86. The van der Waals surface area contributed by atoms with E-state index in [9.17, 15) is 24.0 Å². The van der Waals surface area contributed by atoms with Gasteiger partial charge < -0.3 is 44.4 Å². The molecule has 0 atom stereocenters. The van der Waals surface area contributed by atoms with Crippen LogP contribution in [0.2, 0.25) is 0 Å². The summed E-state index contributed by atoms with van der Waals surface area (Å²) >= 11 is 0. The Hall–Kier alpha value is -3.46. The van der Waals surface area contributed by atoms with Crippen molar-refractivity contribution in [1.29, 1.82) is 0 Å². The first-order valence-corrected chi connectivity index (χ1v) is 21.9. The Labute approximate surface area is 339 Å².